The van der Waals surface area contributed by atoms with Gasteiger partial charge >= 0.3 is 0 Å². The number of nitrogens with one attached hydrogen (secondary N) is 1. The van der Waals surface area contributed by atoms with Gasteiger partial charge in [0.25, 0.3) is 0 Å². The summed E-state index contributed by atoms with van der Waals surface area (Å²) < 4.78 is 0. The van der Waals surface area contributed by atoms with E-state index in [1.165, 1.54) is 0 Å². The predicted molar refractivity (Wildman–Crippen MR) is 53.7 cm³/mol. The van der Waals surface area contributed by atoms with Crippen molar-refractivity contribution in [1.82, 2.24) is 10.2 Å². The second-order valence-electron chi connectivity index (χ2n) is 2.86. The smallest absolute Gasteiger partial charge is 0.219 e. The molecule has 0 saturated carbocycles. The van der Waals surface area contributed by atoms with Gasteiger partial charge in [0.1, 0.15) is 0 Å². The summed E-state index contributed by atoms with van der Waals surface area (Å²) in [6.45, 7) is 3.69. The molecule has 0 rings (SSSR count). The molecule has 0 fully saturated rings. The van der Waals surface area contributed by atoms with Crippen LogP contribution in [0.4, 0.5) is 0 Å². The molecule has 1 N–H and O–H groups in total. The van der Waals surface area contributed by atoms with E-state index in [9.17, 15) is 4.79 Å². The lowest BCUT2D eigenvalue weighted by atomic mass is 10.4. The molecule has 0 bridgehead atoms. The molecule has 0 aromatic heterocycles. The van der Waals surface area contributed by atoms with Crippen LogP contribution in [0.1, 0.15) is 19.8 Å². The number of carbonyl (C=O) groups is 1. The fourth-order valence-electron chi connectivity index (χ4n) is 0.748. The average molecular weight is 195 g/mol. The zero-order valence-corrected chi connectivity index (χ0v) is 8.91. The molecule has 0 aliphatic carbocycles. The molecule has 4 heteroatoms. The van der Waals surface area contributed by atoms with Crippen LogP contribution in [0.2, 0.25) is 0 Å². The van der Waals surface area contributed by atoms with Gasteiger partial charge in [-0.25, -0.2) is 0 Å². The molecule has 1 amide bonds. The number of halogens is 1. The summed E-state index contributed by atoms with van der Waals surface area (Å²) in [4.78, 5) is 12.8. The predicted octanol–water partition coefficient (Wildman–Crippen LogP) is 0.886. The van der Waals surface area contributed by atoms with E-state index in [1.807, 2.05) is 21.0 Å². The van der Waals surface area contributed by atoms with E-state index < -0.39 is 0 Å². The van der Waals surface area contributed by atoms with Gasteiger partial charge in [-0.15, -0.1) is 12.4 Å². The van der Waals surface area contributed by atoms with Gasteiger partial charge in [0, 0.05) is 13.0 Å². The number of amides is 1. The van der Waals surface area contributed by atoms with Crippen LogP contribution < -0.4 is 5.32 Å². The maximum absolute atomic E-state index is 10.7. The van der Waals surface area contributed by atoms with Crippen LogP contribution in [0.3, 0.4) is 0 Å². The van der Waals surface area contributed by atoms with Gasteiger partial charge in [-0.2, -0.15) is 0 Å². The minimum atomic E-state index is 0. The fraction of sp³-hybridized carbons (Fsp3) is 0.875. The monoisotopic (exact) mass is 194 g/mol. The second-order valence-corrected chi connectivity index (χ2v) is 2.86. The van der Waals surface area contributed by atoms with Crippen LogP contribution in [-0.4, -0.2) is 38.0 Å². The van der Waals surface area contributed by atoms with Crippen molar-refractivity contribution in [2.75, 3.05) is 27.2 Å². The lowest BCUT2D eigenvalue weighted by Crippen LogP contribution is -2.26. The van der Waals surface area contributed by atoms with E-state index in [1.54, 1.807) is 0 Å². The summed E-state index contributed by atoms with van der Waals surface area (Å²) >= 11 is 0. The molecule has 0 aliphatic heterocycles. The number of carbonyl (C=O) groups excluding carboxylic acids is 1. The van der Waals surface area contributed by atoms with Crippen molar-refractivity contribution in [1.29, 1.82) is 0 Å². The van der Waals surface area contributed by atoms with E-state index in [4.69, 9.17) is 0 Å². The van der Waals surface area contributed by atoms with E-state index in [-0.39, 0.29) is 18.3 Å². The molecule has 0 spiro atoms. The van der Waals surface area contributed by atoms with E-state index in [0.29, 0.717) is 6.42 Å². The van der Waals surface area contributed by atoms with Gasteiger partial charge in [0.05, 0.1) is 0 Å². The van der Waals surface area contributed by atoms with Gasteiger partial charge in [-0.1, -0.05) is 6.92 Å². The highest BCUT2D eigenvalue weighted by Crippen LogP contribution is 1.81. The van der Waals surface area contributed by atoms with Crippen LogP contribution in [0.5, 0.6) is 0 Å². The first-order valence-electron chi connectivity index (χ1n) is 4.08. The Balaban J connectivity index is 0. The minimum absolute atomic E-state index is 0. The van der Waals surface area contributed by atoms with Crippen molar-refractivity contribution in [2.45, 2.75) is 19.8 Å². The summed E-state index contributed by atoms with van der Waals surface area (Å²) in [5, 5.41) is 2.82. The van der Waals surface area contributed by atoms with Crippen molar-refractivity contribution >= 4 is 18.3 Å². The molecule has 0 atom stereocenters. The first kappa shape index (κ1) is 14.3. The molecule has 12 heavy (non-hydrogen) atoms. The molecule has 0 saturated heterocycles. The van der Waals surface area contributed by atoms with E-state index in [2.05, 4.69) is 10.2 Å². The molecule has 0 aromatic carbocycles. The largest absolute Gasteiger partial charge is 0.356 e. The maximum Gasteiger partial charge on any atom is 0.219 e. The van der Waals surface area contributed by atoms with Gasteiger partial charge < -0.3 is 10.2 Å². The third-order valence-electron chi connectivity index (χ3n) is 1.43. The lowest BCUT2D eigenvalue weighted by Gasteiger charge is -2.08. The lowest BCUT2D eigenvalue weighted by molar-refractivity contribution is -0.120. The Morgan fingerprint density at radius 2 is 2.00 bits per heavy atom. The van der Waals surface area contributed by atoms with Gasteiger partial charge in [-0.3, -0.25) is 4.79 Å². The molecule has 0 aromatic rings. The molecule has 3 nitrogen and oxygen atoms in total. The van der Waals surface area contributed by atoms with Crippen LogP contribution in [0.25, 0.3) is 0 Å². The molecule has 0 unspecified atom stereocenters. The Morgan fingerprint density at radius 1 is 1.42 bits per heavy atom. The Bertz CT molecular complexity index is 118. The topological polar surface area (TPSA) is 32.3 Å². The summed E-state index contributed by atoms with van der Waals surface area (Å²) in [6, 6.07) is 0. The molecule has 0 heterocycles. The maximum atomic E-state index is 10.7. The second kappa shape index (κ2) is 8.81. The quantitative estimate of drug-likeness (QED) is 0.660. The number of nitrogens with zero attached hydrogens (tertiary/aromatic N) is 1. The Kier molecular flexibility index (Phi) is 10.5. The summed E-state index contributed by atoms with van der Waals surface area (Å²) in [7, 11) is 4.06. The van der Waals surface area contributed by atoms with Crippen molar-refractivity contribution in [3.63, 3.8) is 0 Å². The first-order valence-corrected chi connectivity index (χ1v) is 4.08. The average Bonchev–Trinajstić information content (AvgIpc) is 1.97. The molecular formula is C8H19ClN2O. The van der Waals surface area contributed by atoms with Crippen molar-refractivity contribution in [2.24, 2.45) is 0 Å². The summed E-state index contributed by atoms with van der Waals surface area (Å²) in [5.74, 6) is 0.142. The Morgan fingerprint density at radius 3 is 2.42 bits per heavy atom. The Hall–Kier alpha value is -0.280. The van der Waals surface area contributed by atoms with Crippen LogP contribution in [0.15, 0.2) is 0 Å². The van der Waals surface area contributed by atoms with E-state index in [0.717, 1.165) is 19.5 Å². The molecule has 0 radical (unpaired) electrons. The standard InChI is InChI=1S/C8H18N2O.ClH/c1-4-8(11)9-6-5-7-10(2)3;/h4-7H2,1-3H3,(H,9,11);1H. The van der Waals surface area contributed by atoms with Gasteiger partial charge in [0.2, 0.25) is 5.91 Å². The number of hydrogen-bond acceptors (Lipinski definition) is 2. The van der Waals surface area contributed by atoms with Crippen molar-refractivity contribution in [3.05, 3.63) is 0 Å². The fourth-order valence-corrected chi connectivity index (χ4v) is 0.748. The van der Waals surface area contributed by atoms with Gasteiger partial charge in [-0.05, 0) is 27.1 Å². The SMILES string of the molecule is CCC(=O)NCCCN(C)C.Cl. The third-order valence-corrected chi connectivity index (χ3v) is 1.43. The number of rotatable bonds is 5. The molecule has 74 valence electrons. The summed E-state index contributed by atoms with van der Waals surface area (Å²) in [5.41, 5.74) is 0. The normalized spacial score (nSPS) is 9.33. The highest BCUT2D eigenvalue weighted by molar-refractivity contribution is 5.85. The highest BCUT2D eigenvalue weighted by atomic mass is 35.5. The zero-order valence-electron chi connectivity index (χ0n) is 8.09. The third kappa shape index (κ3) is 9.72. The minimum Gasteiger partial charge on any atom is -0.356 e. The summed E-state index contributed by atoms with van der Waals surface area (Å²) in [6.07, 6.45) is 1.61. The van der Waals surface area contributed by atoms with Crippen LogP contribution in [0, 0.1) is 0 Å². The molecular weight excluding hydrogens is 176 g/mol. The number of hydrogen-bond donors (Lipinski definition) is 1. The molecule has 0 aliphatic rings. The van der Waals surface area contributed by atoms with Crippen LogP contribution in [-0.2, 0) is 4.79 Å². The zero-order chi connectivity index (χ0) is 8.69. The van der Waals surface area contributed by atoms with Crippen molar-refractivity contribution < 1.29 is 4.79 Å². The van der Waals surface area contributed by atoms with Crippen molar-refractivity contribution in [3.8, 4) is 0 Å². The van der Waals surface area contributed by atoms with Gasteiger partial charge in [0.15, 0.2) is 0 Å². The van der Waals surface area contributed by atoms with Crippen LogP contribution >= 0.6 is 12.4 Å². The Labute approximate surface area is 80.9 Å². The first-order chi connectivity index (χ1) is 5.16. The van der Waals surface area contributed by atoms with E-state index >= 15 is 0 Å². The highest BCUT2D eigenvalue weighted by Gasteiger charge is 1.94.